The highest BCUT2D eigenvalue weighted by Gasteiger charge is 2.40. The maximum Gasteiger partial charge on any atom is 0.247 e. The van der Waals surface area contributed by atoms with Gasteiger partial charge >= 0.3 is 0 Å². The SMILES string of the molecule is COc1cc(OC)c(NC(=O)C[C@H]2C(=O)N(Cc3ccccc3)[C@@H](C)c3nc4ccccc4n32)cc1Cl. The van der Waals surface area contributed by atoms with Crippen molar-refractivity contribution in [1.29, 1.82) is 0 Å². The minimum Gasteiger partial charge on any atom is -0.495 e. The van der Waals surface area contributed by atoms with Crippen LogP contribution in [-0.4, -0.2) is 40.5 Å². The fourth-order valence-electron chi connectivity index (χ4n) is 4.83. The van der Waals surface area contributed by atoms with Gasteiger partial charge in [0, 0.05) is 12.6 Å². The number of para-hydroxylation sites is 2. The van der Waals surface area contributed by atoms with Gasteiger partial charge in [-0.15, -0.1) is 0 Å². The number of nitrogens with one attached hydrogen (secondary N) is 1. The summed E-state index contributed by atoms with van der Waals surface area (Å²) in [5.74, 6) is 1.09. The van der Waals surface area contributed by atoms with Crippen LogP contribution in [-0.2, 0) is 16.1 Å². The molecule has 9 heteroatoms. The van der Waals surface area contributed by atoms with Crippen LogP contribution in [0.4, 0.5) is 5.69 Å². The number of rotatable bonds is 7. The van der Waals surface area contributed by atoms with Gasteiger partial charge in [0.1, 0.15) is 23.4 Å². The number of ether oxygens (including phenoxy) is 2. The third-order valence-electron chi connectivity index (χ3n) is 6.67. The standard InChI is InChI=1S/C28H27ClN4O4/c1-17-27-31-20-11-7-8-12-22(20)33(27)23(28(35)32(17)16-18-9-5-4-6-10-18)14-26(34)30-21-13-19(29)24(36-2)15-25(21)37-3/h4-13,15,17,23H,14,16H2,1-3H3,(H,30,34)/t17-,23-/m0/s1. The van der Waals surface area contributed by atoms with E-state index in [0.717, 1.165) is 22.4 Å². The number of carbonyl (C=O) groups is 2. The van der Waals surface area contributed by atoms with Crippen molar-refractivity contribution in [3.05, 3.63) is 83.1 Å². The first-order chi connectivity index (χ1) is 17.9. The van der Waals surface area contributed by atoms with E-state index in [-0.39, 0.29) is 24.3 Å². The van der Waals surface area contributed by atoms with E-state index in [1.54, 1.807) is 17.0 Å². The van der Waals surface area contributed by atoms with Gasteiger partial charge in [-0.1, -0.05) is 54.1 Å². The number of amides is 2. The predicted molar refractivity (Wildman–Crippen MR) is 142 cm³/mol. The van der Waals surface area contributed by atoms with E-state index in [1.807, 2.05) is 66.1 Å². The van der Waals surface area contributed by atoms with Gasteiger partial charge in [-0.05, 0) is 30.7 Å². The van der Waals surface area contributed by atoms with Gasteiger partial charge in [-0.25, -0.2) is 4.98 Å². The molecule has 5 rings (SSSR count). The second kappa shape index (κ2) is 10.1. The van der Waals surface area contributed by atoms with E-state index in [1.165, 1.54) is 14.2 Å². The van der Waals surface area contributed by atoms with Crippen molar-refractivity contribution in [2.24, 2.45) is 0 Å². The Morgan fingerprint density at radius 3 is 2.46 bits per heavy atom. The molecule has 1 aliphatic heterocycles. The lowest BCUT2D eigenvalue weighted by atomic mass is 10.0. The molecule has 1 aromatic heterocycles. The average molecular weight is 519 g/mol. The molecule has 37 heavy (non-hydrogen) atoms. The first-order valence-corrected chi connectivity index (χ1v) is 12.3. The van der Waals surface area contributed by atoms with Gasteiger partial charge < -0.3 is 24.3 Å². The average Bonchev–Trinajstić information content (AvgIpc) is 3.30. The van der Waals surface area contributed by atoms with Crippen molar-refractivity contribution in [3.63, 3.8) is 0 Å². The molecule has 0 fully saturated rings. The Labute approximate surface area is 219 Å². The second-order valence-electron chi connectivity index (χ2n) is 8.91. The summed E-state index contributed by atoms with van der Waals surface area (Å²) in [5.41, 5.74) is 3.01. The predicted octanol–water partition coefficient (Wildman–Crippen LogP) is 5.38. The molecule has 4 aromatic rings. The highest BCUT2D eigenvalue weighted by atomic mass is 35.5. The van der Waals surface area contributed by atoms with Crippen LogP contribution in [0.3, 0.4) is 0 Å². The quantitative estimate of drug-likeness (QED) is 0.355. The van der Waals surface area contributed by atoms with Crippen LogP contribution in [0.15, 0.2) is 66.7 Å². The molecule has 0 saturated heterocycles. The Morgan fingerprint density at radius 1 is 1.03 bits per heavy atom. The fraction of sp³-hybridized carbons (Fsp3) is 0.250. The number of hydrogen-bond donors (Lipinski definition) is 1. The largest absolute Gasteiger partial charge is 0.495 e. The second-order valence-corrected chi connectivity index (χ2v) is 9.32. The minimum atomic E-state index is -0.762. The topological polar surface area (TPSA) is 85.7 Å². The van der Waals surface area contributed by atoms with Crippen LogP contribution in [0.25, 0.3) is 11.0 Å². The van der Waals surface area contributed by atoms with Crippen molar-refractivity contribution in [2.45, 2.75) is 32.0 Å². The van der Waals surface area contributed by atoms with E-state index < -0.39 is 6.04 Å². The lowest BCUT2D eigenvalue weighted by molar-refractivity contribution is -0.142. The molecule has 0 spiro atoms. The van der Waals surface area contributed by atoms with Crippen molar-refractivity contribution in [1.82, 2.24) is 14.5 Å². The summed E-state index contributed by atoms with van der Waals surface area (Å²) in [6.45, 7) is 2.39. The summed E-state index contributed by atoms with van der Waals surface area (Å²) in [7, 11) is 3.00. The first kappa shape index (κ1) is 24.6. The summed E-state index contributed by atoms with van der Waals surface area (Å²) in [6, 6.07) is 19.6. The monoisotopic (exact) mass is 518 g/mol. The Bertz CT molecular complexity index is 1470. The van der Waals surface area contributed by atoms with Crippen LogP contribution < -0.4 is 14.8 Å². The lowest BCUT2D eigenvalue weighted by Crippen LogP contribution is -2.45. The highest BCUT2D eigenvalue weighted by molar-refractivity contribution is 6.32. The Kier molecular flexibility index (Phi) is 6.76. The number of fused-ring (bicyclic) bond motifs is 3. The number of methoxy groups -OCH3 is 2. The third-order valence-corrected chi connectivity index (χ3v) is 6.96. The number of anilines is 1. The molecule has 0 bridgehead atoms. The van der Waals surface area contributed by atoms with Gasteiger partial charge in [0.05, 0.1) is 48.4 Å². The summed E-state index contributed by atoms with van der Waals surface area (Å²) >= 11 is 6.28. The van der Waals surface area contributed by atoms with Crippen LogP contribution in [0.5, 0.6) is 11.5 Å². The molecule has 2 heterocycles. The zero-order chi connectivity index (χ0) is 26.1. The van der Waals surface area contributed by atoms with Crippen molar-refractivity contribution in [3.8, 4) is 11.5 Å². The van der Waals surface area contributed by atoms with Crippen LogP contribution in [0.2, 0.25) is 5.02 Å². The molecule has 190 valence electrons. The number of nitrogens with zero attached hydrogens (tertiary/aromatic N) is 3. The number of imidazole rings is 1. The molecule has 3 aromatic carbocycles. The normalized spacial score (nSPS) is 17.0. The number of benzene rings is 3. The molecule has 0 saturated carbocycles. The van der Waals surface area contributed by atoms with E-state index in [2.05, 4.69) is 5.32 Å². The van der Waals surface area contributed by atoms with Crippen LogP contribution in [0.1, 0.15) is 36.8 Å². The fourth-order valence-corrected chi connectivity index (χ4v) is 5.07. The Balaban J connectivity index is 1.50. The molecule has 8 nitrogen and oxygen atoms in total. The van der Waals surface area contributed by atoms with E-state index in [0.29, 0.717) is 28.8 Å². The molecule has 0 unspecified atom stereocenters. The molecular formula is C28H27ClN4O4. The first-order valence-electron chi connectivity index (χ1n) is 11.9. The van der Waals surface area contributed by atoms with E-state index in [9.17, 15) is 9.59 Å². The molecule has 2 amide bonds. The van der Waals surface area contributed by atoms with Gasteiger partial charge in [0.15, 0.2) is 0 Å². The zero-order valence-corrected chi connectivity index (χ0v) is 21.5. The molecule has 1 N–H and O–H groups in total. The van der Waals surface area contributed by atoms with Gasteiger partial charge in [0.25, 0.3) is 0 Å². The van der Waals surface area contributed by atoms with Crippen LogP contribution >= 0.6 is 11.6 Å². The number of halogens is 1. The smallest absolute Gasteiger partial charge is 0.247 e. The minimum absolute atomic E-state index is 0.0863. The number of aromatic nitrogens is 2. The van der Waals surface area contributed by atoms with E-state index in [4.69, 9.17) is 26.1 Å². The maximum atomic E-state index is 13.9. The molecule has 2 atom stereocenters. The van der Waals surface area contributed by atoms with Crippen molar-refractivity contribution in [2.75, 3.05) is 19.5 Å². The van der Waals surface area contributed by atoms with Gasteiger partial charge in [-0.2, -0.15) is 0 Å². The molecule has 1 aliphatic rings. The van der Waals surface area contributed by atoms with Crippen molar-refractivity contribution < 1.29 is 19.1 Å². The zero-order valence-electron chi connectivity index (χ0n) is 20.8. The van der Waals surface area contributed by atoms with Crippen LogP contribution in [0, 0.1) is 0 Å². The van der Waals surface area contributed by atoms with Crippen molar-refractivity contribution >= 4 is 40.1 Å². The summed E-state index contributed by atoms with van der Waals surface area (Å²) in [5, 5.41) is 3.19. The maximum absolute atomic E-state index is 13.9. The molecular weight excluding hydrogens is 492 g/mol. The number of carbonyl (C=O) groups excluding carboxylic acids is 2. The molecule has 0 radical (unpaired) electrons. The third kappa shape index (κ3) is 4.60. The Morgan fingerprint density at radius 2 is 1.73 bits per heavy atom. The summed E-state index contributed by atoms with van der Waals surface area (Å²) in [4.78, 5) is 33.9. The lowest BCUT2D eigenvalue weighted by Gasteiger charge is -2.38. The van der Waals surface area contributed by atoms with Gasteiger partial charge in [0.2, 0.25) is 11.8 Å². The summed E-state index contributed by atoms with van der Waals surface area (Å²) in [6.07, 6.45) is -0.0863. The Hall–Kier alpha value is -4.04. The molecule has 0 aliphatic carbocycles. The summed E-state index contributed by atoms with van der Waals surface area (Å²) < 4.78 is 12.6. The van der Waals surface area contributed by atoms with Gasteiger partial charge in [-0.3, -0.25) is 9.59 Å². The number of hydrogen-bond acceptors (Lipinski definition) is 5. The van der Waals surface area contributed by atoms with E-state index >= 15 is 0 Å². The highest BCUT2D eigenvalue weighted by Crippen LogP contribution is 2.39.